The van der Waals surface area contributed by atoms with Crippen molar-refractivity contribution >= 4 is 29.0 Å². The zero-order valence-corrected chi connectivity index (χ0v) is 15.2. The molecule has 0 unspecified atom stereocenters. The zero-order chi connectivity index (χ0) is 16.9. The molecule has 0 radical (unpaired) electrons. The predicted octanol–water partition coefficient (Wildman–Crippen LogP) is 4.54. The smallest absolute Gasteiger partial charge is 0.271 e. The average molecular weight is 358 g/mol. The number of nitrogens with zero attached hydrogens (tertiary/aromatic N) is 1. The first kappa shape index (κ1) is 16.8. The highest BCUT2D eigenvalue weighted by Crippen LogP contribution is 2.27. The van der Waals surface area contributed by atoms with Gasteiger partial charge in [-0.1, -0.05) is 17.7 Å². The van der Waals surface area contributed by atoms with Gasteiger partial charge in [0.05, 0.1) is 6.26 Å². The molecule has 0 fully saturated rings. The Balaban J connectivity index is 1.53. The van der Waals surface area contributed by atoms with Gasteiger partial charge in [-0.15, -0.1) is 23.1 Å². The maximum absolute atomic E-state index is 12.3. The molecule has 3 rings (SSSR count). The van der Waals surface area contributed by atoms with Crippen molar-refractivity contribution in [2.75, 3.05) is 12.3 Å². The van der Waals surface area contributed by atoms with Gasteiger partial charge in [-0.05, 0) is 38.1 Å². The zero-order valence-electron chi connectivity index (χ0n) is 13.5. The monoisotopic (exact) mass is 358 g/mol. The number of rotatable bonds is 6. The van der Waals surface area contributed by atoms with Crippen LogP contribution in [-0.4, -0.2) is 23.2 Å². The van der Waals surface area contributed by atoms with Crippen molar-refractivity contribution in [1.82, 2.24) is 10.3 Å². The number of furan rings is 1. The van der Waals surface area contributed by atoms with Gasteiger partial charge >= 0.3 is 0 Å². The first-order chi connectivity index (χ1) is 11.6. The molecule has 24 heavy (non-hydrogen) atoms. The van der Waals surface area contributed by atoms with E-state index >= 15 is 0 Å². The minimum atomic E-state index is -0.133. The molecule has 0 aliphatic carbocycles. The standard InChI is InChI=1S/C18H18N2O2S2/c1-12-5-7-14(8-6-12)23-11-9-19-17(21)16-13(2)24-18(20-16)15-4-3-10-22-15/h3-8,10H,9,11H2,1-2H3,(H,19,21). The highest BCUT2D eigenvalue weighted by atomic mass is 32.2. The number of carbonyl (C=O) groups is 1. The SMILES string of the molecule is Cc1ccc(SCCNC(=O)c2nc(-c3ccco3)sc2C)cc1. The van der Waals surface area contributed by atoms with Crippen molar-refractivity contribution in [3.8, 4) is 10.8 Å². The normalized spacial score (nSPS) is 10.8. The Morgan fingerprint density at radius 3 is 2.75 bits per heavy atom. The van der Waals surface area contributed by atoms with Crippen LogP contribution in [0, 0.1) is 13.8 Å². The van der Waals surface area contributed by atoms with Gasteiger partial charge in [0.1, 0.15) is 5.69 Å². The minimum absolute atomic E-state index is 0.133. The molecular formula is C18H18N2O2S2. The number of amides is 1. The molecule has 1 aromatic carbocycles. The predicted molar refractivity (Wildman–Crippen MR) is 98.8 cm³/mol. The molecule has 2 aromatic heterocycles. The quantitative estimate of drug-likeness (QED) is 0.519. The van der Waals surface area contributed by atoms with Gasteiger partial charge < -0.3 is 9.73 Å². The lowest BCUT2D eigenvalue weighted by atomic mass is 10.2. The summed E-state index contributed by atoms with van der Waals surface area (Å²) in [4.78, 5) is 18.8. The van der Waals surface area contributed by atoms with Crippen LogP contribution in [-0.2, 0) is 0 Å². The summed E-state index contributed by atoms with van der Waals surface area (Å²) in [5, 5.41) is 3.67. The van der Waals surface area contributed by atoms with Crippen LogP contribution < -0.4 is 5.32 Å². The van der Waals surface area contributed by atoms with Crippen LogP contribution in [0.1, 0.15) is 20.9 Å². The van der Waals surface area contributed by atoms with Gasteiger partial charge in [-0.2, -0.15) is 0 Å². The van der Waals surface area contributed by atoms with Gasteiger partial charge in [0.25, 0.3) is 5.91 Å². The summed E-state index contributed by atoms with van der Waals surface area (Å²) in [5.74, 6) is 1.38. The molecule has 4 nitrogen and oxygen atoms in total. The molecule has 0 saturated carbocycles. The van der Waals surface area contributed by atoms with Gasteiger partial charge in [-0.25, -0.2) is 4.98 Å². The Morgan fingerprint density at radius 2 is 2.04 bits per heavy atom. The summed E-state index contributed by atoms with van der Waals surface area (Å²) < 4.78 is 5.34. The van der Waals surface area contributed by atoms with Crippen molar-refractivity contribution in [3.05, 3.63) is 58.8 Å². The van der Waals surface area contributed by atoms with E-state index in [1.807, 2.05) is 19.1 Å². The maximum atomic E-state index is 12.3. The van der Waals surface area contributed by atoms with Gasteiger partial charge in [0.15, 0.2) is 10.8 Å². The number of thioether (sulfide) groups is 1. The van der Waals surface area contributed by atoms with Crippen molar-refractivity contribution in [3.63, 3.8) is 0 Å². The molecule has 0 atom stereocenters. The summed E-state index contributed by atoms with van der Waals surface area (Å²) in [6.07, 6.45) is 1.61. The minimum Gasteiger partial charge on any atom is -0.462 e. The van der Waals surface area contributed by atoms with E-state index in [0.717, 1.165) is 15.6 Å². The van der Waals surface area contributed by atoms with Crippen LogP contribution in [0.2, 0.25) is 0 Å². The van der Waals surface area contributed by atoms with Crippen LogP contribution in [0.5, 0.6) is 0 Å². The van der Waals surface area contributed by atoms with Crippen LogP contribution in [0.4, 0.5) is 0 Å². The Morgan fingerprint density at radius 1 is 1.25 bits per heavy atom. The summed E-state index contributed by atoms with van der Waals surface area (Å²) in [6, 6.07) is 12.0. The van der Waals surface area contributed by atoms with Gasteiger partial charge in [-0.3, -0.25) is 4.79 Å². The number of aryl methyl sites for hydroxylation is 2. The first-order valence-corrected chi connectivity index (χ1v) is 9.42. The highest BCUT2D eigenvalue weighted by molar-refractivity contribution is 7.99. The highest BCUT2D eigenvalue weighted by Gasteiger charge is 2.17. The lowest BCUT2D eigenvalue weighted by Crippen LogP contribution is -2.26. The van der Waals surface area contributed by atoms with Crippen molar-refractivity contribution < 1.29 is 9.21 Å². The Hall–Kier alpha value is -2.05. The Bertz CT molecular complexity index is 808. The van der Waals surface area contributed by atoms with E-state index in [2.05, 4.69) is 41.5 Å². The summed E-state index contributed by atoms with van der Waals surface area (Å²) >= 11 is 3.19. The van der Waals surface area contributed by atoms with Gasteiger partial charge in [0.2, 0.25) is 0 Å². The van der Waals surface area contributed by atoms with Crippen LogP contribution in [0.15, 0.2) is 52.0 Å². The molecule has 0 aliphatic heterocycles. The number of thiazole rings is 1. The molecule has 2 heterocycles. The van der Waals surface area contributed by atoms with E-state index in [0.29, 0.717) is 18.0 Å². The van der Waals surface area contributed by atoms with Gasteiger partial charge in [0, 0.05) is 22.1 Å². The van der Waals surface area contributed by atoms with E-state index in [9.17, 15) is 4.79 Å². The summed E-state index contributed by atoms with van der Waals surface area (Å²) in [7, 11) is 0. The topological polar surface area (TPSA) is 55.1 Å². The number of aromatic nitrogens is 1. The van der Waals surface area contributed by atoms with E-state index in [4.69, 9.17) is 4.42 Å². The number of carbonyl (C=O) groups excluding carboxylic acids is 1. The van der Waals surface area contributed by atoms with E-state index < -0.39 is 0 Å². The summed E-state index contributed by atoms with van der Waals surface area (Å²) in [5.41, 5.74) is 1.73. The molecule has 1 amide bonds. The summed E-state index contributed by atoms with van der Waals surface area (Å²) in [6.45, 7) is 4.58. The molecular weight excluding hydrogens is 340 g/mol. The second-order valence-electron chi connectivity index (χ2n) is 5.32. The fourth-order valence-corrected chi connectivity index (χ4v) is 3.81. The van der Waals surface area contributed by atoms with Crippen molar-refractivity contribution in [1.29, 1.82) is 0 Å². The number of hydrogen-bond donors (Lipinski definition) is 1. The third kappa shape index (κ3) is 4.07. The molecule has 1 N–H and O–H groups in total. The second-order valence-corrected chi connectivity index (χ2v) is 7.69. The Kier molecular flexibility index (Phi) is 5.37. The molecule has 0 spiro atoms. The number of hydrogen-bond acceptors (Lipinski definition) is 5. The fourth-order valence-electron chi connectivity index (χ4n) is 2.16. The molecule has 6 heteroatoms. The van der Waals surface area contributed by atoms with Crippen LogP contribution in [0.3, 0.4) is 0 Å². The van der Waals surface area contributed by atoms with E-state index in [-0.39, 0.29) is 5.91 Å². The molecule has 0 bridgehead atoms. The van der Waals surface area contributed by atoms with E-state index in [1.54, 1.807) is 18.0 Å². The van der Waals surface area contributed by atoms with Crippen molar-refractivity contribution in [2.24, 2.45) is 0 Å². The van der Waals surface area contributed by atoms with Crippen LogP contribution in [0.25, 0.3) is 10.8 Å². The first-order valence-electron chi connectivity index (χ1n) is 7.62. The molecule has 124 valence electrons. The maximum Gasteiger partial charge on any atom is 0.271 e. The van der Waals surface area contributed by atoms with Crippen LogP contribution >= 0.6 is 23.1 Å². The van der Waals surface area contributed by atoms with E-state index in [1.165, 1.54) is 21.8 Å². The molecule has 3 aromatic rings. The number of benzene rings is 1. The lowest BCUT2D eigenvalue weighted by molar-refractivity contribution is 0.0951. The third-order valence-corrected chi connectivity index (χ3v) is 5.42. The Labute approximate surface area is 149 Å². The lowest BCUT2D eigenvalue weighted by Gasteiger charge is -2.04. The van der Waals surface area contributed by atoms with Crippen molar-refractivity contribution in [2.45, 2.75) is 18.7 Å². The molecule has 0 aliphatic rings. The molecule has 0 saturated heterocycles. The second kappa shape index (κ2) is 7.68. The number of nitrogens with one attached hydrogen (secondary N) is 1. The average Bonchev–Trinajstić information content (AvgIpc) is 3.22. The fraction of sp³-hybridized carbons (Fsp3) is 0.222. The largest absolute Gasteiger partial charge is 0.462 e. The third-order valence-electron chi connectivity index (χ3n) is 3.42.